The van der Waals surface area contributed by atoms with Crippen molar-refractivity contribution in [1.82, 2.24) is 14.8 Å². The Balaban J connectivity index is 1.38. The molecule has 7 nitrogen and oxygen atoms in total. The number of halogens is 3. The van der Waals surface area contributed by atoms with Crippen LogP contribution in [0, 0.1) is 11.3 Å². The highest BCUT2D eigenvalue weighted by Crippen LogP contribution is 2.66. The molecule has 0 aliphatic heterocycles. The first-order valence-electron chi connectivity index (χ1n) is 10.2. The maximum atomic E-state index is 15.2. The van der Waals surface area contributed by atoms with Crippen LogP contribution >= 0.6 is 11.6 Å². The van der Waals surface area contributed by atoms with Gasteiger partial charge >= 0.3 is 5.69 Å². The third kappa shape index (κ3) is 3.69. The molecule has 1 amide bonds. The lowest BCUT2D eigenvalue weighted by Gasteiger charge is -2.61. The lowest BCUT2D eigenvalue weighted by molar-refractivity contribution is -0.178. The van der Waals surface area contributed by atoms with Crippen molar-refractivity contribution in [2.75, 3.05) is 5.32 Å². The molecule has 1 aromatic carbocycles. The lowest BCUT2D eigenvalue weighted by Crippen LogP contribution is -2.60. The fourth-order valence-corrected chi connectivity index (χ4v) is 6.57. The van der Waals surface area contributed by atoms with E-state index in [1.165, 1.54) is 18.2 Å². The van der Waals surface area contributed by atoms with E-state index in [1.54, 1.807) is 0 Å². The molecule has 0 spiro atoms. The molecular formula is C21H21ClF2N4O3. The van der Waals surface area contributed by atoms with Gasteiger partial charge < -0.3 is 5.32 Å². The molecule has 2 aromatic rings. The summed E-state index contributed by atoms with van der Waals surface area (Å²) in [4.78, 5) is 38.2. The van der Waals surface area contributed by atoms with Crippen LogP contribution in [-0.4, -0.2) is 32.0 Å². The molecule has 0 radical (unpaired) electrons. The Bertz CT molecular complexity index is 1180. The van der Waals surface area contributed by atoms with Crippen LogP contribution in [0.1, 0.15) is 44.9 Å². The molecule has 10 heteroatoms. The van der Waals surface area contributed by atoms with Crippen LogP contribution < -0.4 is 16.6 Å². The summed E-state index contributed by atoms with van der Waals surface area (Å²) in [6.45, 7) is 0. The number of anilines is 1. The second-order valence-electron chi connectivity index (χ2n) is 9.55. The molecule has 164 valence electrons. The molecule has 4 saturated carbocycles. The predicted molar refractivity (Wildman–Crippen MR) is 110 cm³/mol. The van der Waals surface area contributed by atoms with Gasteiger partial charge in [0, 0.05) is 12.8 Å². The molecule has 2 N–H and O–H groups in total. The van der Waals surface area contributed by atoms with E-state index in [4.69, 9.17) is 11.6 Å². The van der Waals surface area contributed by atoms with Gasteiger partial charge in [0.15, 0.2) is 0 Å². The molecule has 4 fully saturated rings. The number of amides is 1. The van der Waals surface area contributed by atoms with Crippen LogP contribution in [0.5, 0.6) is 0 Å². The monoisotopic (exact) mass is 450 g/mol. The Kier molecular flexibility index (Phi) is 4.41. The smallest absolute Gasteiger partial charge is 0.325 e. The molecule has 1 heterocycles. The summed E-state index contributed by atoms with van der Waals surface area (Å²) in [5.41, 5.74) is -4.56. The van der Waals surface area contributed by atoms with Gasteiger partial charge in [-0.1, -0.05) is 11.6 Å². The summed E-state index contributed by atoms with van der Waals surface area (Å²) in [6, 6.07) is 4.47. The largest absolute Gasteiger partial charge is 0.349 e. The van der Waals surface area contributed by atoms with Crippen LogP contribution in [-0.2, 0) is 4.79 Å². The van der Waals surface area contributed by atoms with E-state index in [9.17, 15) is 14.4 Å². The number of nitrogens with zero attached hydrogens (tertiary/aromatic N) is 2. The average molecular weight is 451 g/mol. The van der Waals surface area contributed by atoms with Crippen molar-refractivity contribution in [3.63, 3.8) is 0 Å². The SMILES string of the molecule is O=C(CC12CC3CC(F)(CC(F)(C3)C1)C2)Nc1cc(-n2ncc(=O)[nH]c2=O)ccc1Cl. The van der Waals surface area contributed by atoms with Gasteiger partial charge in [0.05, 0.1) is 16.4 Å². The zero-order chi connectivity index (χ0) is 22.0. The summed E-state index contributed by atoms with van der Waals surface area (Å²) in [6.07, 6.45) is 2.75. The lowest BCUT2D eigenvalue weighted by atomic mass is 9.46. The Morgan fingerprint density at radius 2 is 1.90 bits per heavy atom. The van der Waals surface area contributed by atoms with Crippen LogP contribution in [0.15, 0.2) is 34.0 Å². The minimum atomic E-state index is -1.52. The predicted octanol–water partition coefficient (Wildman–Crippen LogP) is 3.30. The summed E-state index contributed by atoms with van der Waals surface area (Å²) >= 11 is 6.21. The van der Waals surface area contributed by atoms with Crippen LogP contribution in [0.25, 0.3) is 5.69 Å². The molecule has 4 aliphatic carbocycles. The van der Waals surface area contributed by atoms with E-state index in [1.807, 2.05) is 0 Å². The van der Waals surface area contributed by atoms with Crippen molar-refractivity contribution in [2.24, 2.45) is 11.3 Å². The van der Waals surface area contributed by atoms with Gasteiger partial charge in [-0.2, -0.15) is 9.78 Å². The zero-order valence-electron chi connectivity index (χ0n) is 16.6. The Hall–Kier alpha value is -2.55. The summed E-state index contributed by atoms with van der Waals surface area (Å²) < 4.78 is 31.3. The quantitative estimate of drug-likeness (QED) is 0.746. The van der Waals surface area contributed by atoms with E-state index in [-0.39, 0.29) is 48.2 Å². The van der Waals surface area contributed by atoms with Gasteiger partial charge in [-0.25, -0.2) is 13.6 Å². The topological polar surface area (TPSA) is 96.8 Å². The number of aromatic amines is 1. The van der Waals surface area contributed by atoms with E-state index < -0.39 is 28.0 Å². The molecule has 4 aliphatic rings. The van der Waals surface area contributed by atoms with Crippen LogP contribution in [0.3, 0.4) is 0 Å². The number of hydrogen-bond acceptors (Lipinski definition) is 4. The molecule has 31 heavy (non-hydrogen) atoms. The molecule has 4 bridgehead atoms. The first-order valence-corrected chi connectivity index (χ1v) is 10.6. The number of aromatic nitrogens is 3. The molecule has 6 rings (SSSR count). The molecule has 2 atom stereocenters. The number of alkyl halides is 2. The van der Waals surface area contributed by atoms with Crippen LogP contribution in [0.4, 0.5) is 14.5 Å². The van der Waals surface area contributed by atoms with E-state index in [0.29, 0.717) is 24.9 Å². The van der Waals surface area contributed by atoms with Gasteiger partial charge in [-0.3, -0.25) is 14.6 Å². The van der Waals surface area contributed by atoms with Crippen molar-refractivity contribution < 1.29 is 13.6 Å². The molecule has 0 saturated heterocycles. The number of hydrogen-bond donors (Lipinski definition) is 2. The molecular weight excluding hydrogens is 430 g/mol. The third-order valence-corrected chi connectivity index (χ3v) is 7.09. The maximum Gasteiger partial charge on any atom is 0.349 e. The Labute approximate surface area is 180 Å². The fourth-order valence-electron chi connectivity index (χ4n) is 6.41. The first-order chi connectivity index (χ1) is 14.6. The van der Waals surface area contributed by atoms with Crippen molar-refractivity contribution in [1.29, 1.82) is 0 Å². The minimum absolute atomic E-state index is 0.0122. The van der Waals surface area contributed by atoms with Crippen LogP contribution in [0.2, 0.25) is 5.02 Å². The second-order valence-corrected chi connectivity index (χ2v) is 9.96. The highest BCUT2D eigenvalue weighted by atomic mass is 35.5. The van der Waals surface area contributed by atoms with E-state index in [0.717, 1.165) is 10.9 Å². The van der Waals surface area contributed by atoms with Gasteiger partial charge in [0.2, 0.25) is 5.91 Å². The number of rotatable bonds is 4. The van der Waals surface area contributed by atoms with Crippen molar-refractivity contribution >= 4 is 23.2 Å². The summed E-state index contributed by atoms with van der Waals surface area (Å²) in [5.74, 6) is -0.404. The number of carbonyl (C=O) groups is 1. The molecule has 2 unspecified atom stereocenters. The van der Waals surface area contributed by atoms with E-state index in [2.05, 4.69) is 15.4 Å². The Morgan fingerprint density at radius 3 is 2.55 bits per heavy atom. The maximum absolute atomic E-state index is 15.2. The number of carbonyl (C=O) groups excluding carboxylic acids is 1. The van der Waals surface area contributed by atoms with Gasteiger partial charge in [-0.05, 0) is 61.6 Å². The fraction of sp³-hybridized carbons (Fsp3) is 0.524. The second kappa shape index (κ2) is 6.72. The Morgan fingerprint density at radius 1 is 1.19 bits per heavy atom. The van der Waals surface area contributed by atoms with E-state index >= 15 is 8.78 Å². The zero-order valence-corrected chi connectivity index (χ0v) is 17.3. The number of H-pyrrole nitrogens is 1. The standard InChI is InChI=1S/C21H21ClF2N4O3/c22-14-2-1-13(28-18(31)27-17(30)8-25-28)3-15(14)26-16(29)7-19-4-12-5-20(23,9-19)11-21(24,6-12)10-19/h1-3,8,12H,4-7,9-11H2,(H,26,29)(H,27,30,31). The summed E-state index contributed by atoms with van der Waals surface area (Å²) in [5, 5.41) is 6.74. The number of benzene rings is 1. The van der Waals surface area contributed by atoms with Crippen molar-refractivity contribution in [2.45, 2.75) is 56.3 Å². The van der Waals surface area contributed by atoms with Gasteiger partial charge in [-0.15, -0.1) is 0 Å². The average Bonchev–Trinajstić information content (AvgIpc) is 2.60. The van der Waals surface area contributed by atoms with Crippen molar-refractivity contribution in [3.8, 4) is 5.69 Å². The normalized spacial score (nSPS) is 33.5. The number of nitrogens with one attached hydrogen (secondary N) is 2. The molecule has 1 aromatic heterocycles. The highest BCUT2D eigenvalue weighted by molar-refractivity contribution is 6.33. The summed E-state index contributed by atoms with van der Waals surface area (Å²) in [7, 11) is 0. The van der Waals surface area contributed by atoms with Gasteiger partial charge in [0.1, 0.15) is 17.5 Å². The minimum Gasteiger partial charge on any atom is -0.325 e. The highest BCUT2D eigenvalue weighted by Gasteiger charge is 2.64. The first kappa shape index (κ1) is 20.4. The van der Waals surface area contributed by atoms with Crippen molar-refractivity contribution in [3.05, 3.63) is 50.3 Å². The third-order valence-electron chi connectivity index (χ3n) is 6.77. The van der Waals surface area contributed by atoms with Gasteiger partial charge in [0.25, 0.3) is 5.56 Å².